The summed E-state index contributed by atoms with van der Waals surface area (Å²) in [4.78, 5) is 14.7. The second-order valence-corrected chi connectivity index (χ2v) is 6.57. The fourth-order valence-corrected chi connectivity index (χ4v) is 3.38. The zero-order valence-corrected chi connectivity index (χ0v) is 14.9. The molecule has 6 nitrogen and oxygen atoms in total. The van der Waals surface area contributed by atoms with E-state index in [4.69, 9.17) is 12.2 Å². The quantitative estimate of drug-likeness (QED) is 0.811. The number of H-pyrrole nitrogens is 1. The summed E-state index contributed by atoms with van der Waals surface area (Å²) in [6.07, 6.45) is 0.997. The number of benzene rings is 1. The lowest BCUT2D eigenvalue weighted by Gasteiger charge is -2.32. The third-order valence-corrected chi connectivity index (χ3v) is 4.98. The van der Waals surface area contributed by atoms with Gasteiger partial charge in [-0.15, -0.1) is 0 Å². The van der Waals surface area contributed by atoms with Crippen LogP contribution in [0.3, 0.4) is 0 Å². The molecule has 0 saturated heterocycles. The summed E-state index contributed by atoms with van der Waals surface area (Å²) in [5, 5.41) is 9.83. The second-order valence-electron chi connectivity index (χ2n) is 6.18. The summed E-state index contributed by atoms with van der Waals surface area (Å²) in [5.74, 6) is 0.886. The average molecular weight is 345 g/mol. The molecule has 3 rings (SSSR count). The van der Waals surface area contributed by atoms with E-state index in [2.05, 4.69) is 44.7 Å². The zero-order valence-electron chi connectivity index (χ0n) is 14.1. The van der Waals surface area contributed by atoms with Crippen LogP contribution < -0.4 is 5.32 Å². The molecule has 0 radical (unpaired) electrons. The minimum absolute atomic E-state index is 0.0575. The van der Waals surface area contributed by atoms with Crippen molar-refractivity contribution in [1.29, 1.82) is 0 Å². The molecule has 0 saturated carbocycles. The van der Waals surface area contributed by atoms with Crippen LogP contribution in [-0.2, 0) is 24.3 Å². The Hall–Kier alpha value is -1.99. The van der Waals surface area contributed by atoms with E-state index >= 15 is 0 Å². The van der Waals surface area contributed by atoms with Gasteiger partial charge in [0.15, 0.2) is 4.77 Å². The number of nitrogens with zero attached hydrogens (tertiary/aromatic N) is 3. The first-order chi connectivity index (χ1) is 11.6. The molecule has 1 atom stereocenters. The van der Waals surface area contributed by atoms with Crippen molar-refractivity contribution >= 4 is 18.1 Å². The lowest BCUT2D eigenvalue weighted by molar-refractivity contribution is -0.126. The summed E-state index contributed by atoms with van der Waals surface area (Å²) in [6.45, 7) is 6.78. The molecule has 1 amide bonds. The Morgan fingerprint density at radius 3 is 2.88 bits per heavy atom. The SMILES string of the molecule is Cc1n[nH]c(=S)n1CCNC(=O)C(C)N1CCc2ccccc2C1. The lowest BCUT2D eigenvalue weighted by Crippen LogP contribution is -2.47. The fraction of sp³-hybridized carbons (Fsp3) is 0.471. The van der Waals surface area contributed by atoms with E-state index in [0.717, 1.165) is 25.3 Å². The molecule has 1 aliphatic rings. The van der Waals surface area contributed by atoms with E-state index < -0.39 is 0 Å². The molecule has 7 heteroatoms. The van der Waals surface area contributed by atoms with E-state index in [9.17, 15) is 4.79 Å². The zero-order chi connectivity index (χ0) is 17.1. The van der Waals surface area contributed by atoms with Gasteiger partial charge in [0.1, 0.15) is 5.82 Å². The molecule has 128 valence electrons. The summed E-state index contributed by atoms with van der Waals surface area (Å²) in [7, 11) is 0. The number of aromatic nitrogens is 3. The number of rotatable bonds is 5. The predicted molar refractivity (Wildman–Crippen MR) is 95.2 cm³/mol. The molecule has 0 bridgehead atoms. The Labute approximate surface area is 146 Å². The maximum atomic E-state index is 12.4. The number of aromatic amines is 1. The molecule has 1 aromatic carbocycles. The lowest BCUT2D eigenvalue weighted by atomic mass is 9.99. The summed E-state index contributed by atoms with van der Waals surface area (Å²) < 4.78 is 2.47. The largest absolute Gasteiger partial charge is 0.353 e. The second kappa shape index (κ2) is 7.27. The van der Waals surface area contributed by atoms with Gasteiger partial charge in [-0.25, -0.2) is 0 Å². The van der Waals surface area contributed by atoms with Crippen LogP contribution in [0.15, 0.2) is 24.3 Å². The van der Waals surface area contributed by atoms with Crippen LogP contribution in [0, 0.1) is 11.7 Å². The first-order valence-electron chi connectivity index (χ1n) is 8.26. The minimum atomic E-state index is -0.142. The van der Waals surface area contributed by atoms with Gasteiger partial charge in [0.2, 0.25) is 5.91 Å². The Morgan fingerprint density at radius 1 is 1.42 bits per heavy atom. The Balaban J connectivity index is 1.53. The monoisotopic (exact) mass is 345 g/mol. The molecule has 24 heavy (non-hydrogen) atoms. The molecule has 2 heterocycles. The minimum Gasteiger partial charge on any atom is -0.353 e. The molecular formula is C17H23N5OS. The van der Waals surface area contributed by atoms with Crippen molar-refractivity contribution in [1.82, 2.24) is 25.0 Å². The van der Waals surface area contributed by atoms with Crippen LogP contribution >= 0.6 is 12.2 Å². The highest BCUT2D eigenvalue weighted by Gasteiger charge is 2.24. The third-order valence-electron chi connectivity index (χ3n) is 4.67. The standard InChI is InChI=1S/C17H23N5OS/c1-12(21-9-7-14-5-3-4-6-15(14)11-21)16(23)18-8-10-22-13(2)19-20-17(22)24/h3-6,12H,7-11H2,1-2H3,(H,18,23)(H,20,24). The van der Waals surface area contributed by atoms with Crippen LogP contribution in [0.25, 0.3) is 0 Å². The summed E-state index contributed by atoms with van der Waals surface area (Å²) in [6, 6.07) is 8.32. The molecule has 1 aromatic heterocycles. The van der Waals surface area contributed by atoms with Gasteiger partial charge in [0, 0.05) is 26.2 Å². The van der Waals surface area contributed by atoms with Gasteiger partial charge in [0.25, 0.3) is 0 Å². The number of carbonyl (C=O) groups is 1. The van der Waals surface area contributed by atoms with Crippen LogP contribution in [0.1, 0.15) is 23.9 Å². The summed E-state index contributed by atoms with van der Waals surface area (Å²) >= 11 is 5.17. The van der Waals surface area contributed by atoms with Crippen LogP contribution in [0.5, 0.6) is 0 Å². The van der Waals surface area contributed by atoms with Crippen molar-refractivity contribution < 1.29 is 4.79 Å². The fourth-order valence-electron chi connectivity index (χ4n) is 3.11. The molecule has 0 aliphatic carbocycles. The number of hydrogen-bond donors (Lipinski definition) is 2. The highest BCUT2D eigenvalue weighted by atomic mass is 32.1. The van der Waals surface area contributed by atoms with Crippen molar-refractivity contribution in [2.75, 3.05) is 13.1 Å². The highest BCUT2D eigenvalue weighted by Crippen LogP contribution is 2.20. The molecular weight excluding hydrogens is 322 g/mol. The van der Waals surface area contributed by atoms with Crippen molar-refractivity contribution in [3.63, 3.8) is 0 Å². The number of fused-ring (bicyclic) bond motifs is 1. The Morgan fingerprint density at radius 2 is 2.17 bits per heavy atom. The van der Waals surface area contributed by atoms with Gasteiger partial charge >= 0.3 is 0 Å². The van der Waals surface area contributed by atoms with Crippen LogP contribution in [0.2, 0.25) is 0 Å². The number of amides is 1. The molecule has 0 fully saturated rings. The molecule has 2 N–H and O–H groups in total. The van der Waals surface area contributed by atoms with Crippen molar-refractivity contribution in [3.05, 3.63) is 46.0 Å². The third kappa shape index (κ3) is 3.57. The molecule has 1 unspecified atom stereocenters. The number of aryl methyl sites for hydroxylation is 1. The van der Waals surface area contributed by atoms with Crippen molar-refractivity contribution in [3.8, 4) is 0 Å². The van der Waals surface area contributed by atoms with E-state index in [1.54, 1.807) is 0 Å². The van der Waals surface area contributed by atoms with E-state index in [1.807, 2.05) is 18.4 Å². The van der Waals surface area contributed by atoms with E-state index in [1.165, 1.54) is 11.1 Å². The number of carbonyl (C=O) groups excluding carboxylic acids is 1. The Kier molecular flexibility index (Phi) is 5.11. The predicted octanol–water partition coefficient (Wildman–Crippen LogP) is 1.81. The van der Waals surface area contributed by atoms with Crippen LogP contribution in [-0.4, -0.2) is 44.7 Å². The average Bonchev–Trinajstić information content (AvgIpc) is 2.92. The summed E-state index contributed by atoms with van der Waals surface area (Å²) in [5.41, 5.74) is 2.72. The maximum Gasteiger partial charge on any atom is 0.237 e. The Bertz CT molecular complexity index is 781. The molecule has 1 aliphatic heterocycles. The number of nitrogens with one attached hydrogen (secondary N) is 2. The number of hydrogen-bond acceptors (Lipinski definition) is 4. The first kappa shape index (κ1) is 16.9. The van der Waals surface area contributed by atoms with Gasteiger partial charge in [-0.05, 0) is 43.6 Å². The van der Waals surface area contributed by atoms with Crippen molar-refractivity contribution in [2.24, 2.45) is 0 Å². The van der Waals surface area contributed by atoms with Crippen LogP contribution in [0.4, 0.5) is 0 Å². The normalized spacial score (nSPS) is 15.8. The van der Waals surface area contributed by atoms with E-state index in [0.29, 0.717) is 17.9 Å². The highest BCUT2D eigenvalue weighted by molar-refractivity contribution is 7.71. The van der Waals surface area contributed by atoms with Gasteiger partial charge in [-0.3, -0.25) is 14.8 Å². The molecule has 0 spiro atoms. The molecule has 2 aromatic rings. The maximum absolute atomic E-state index is 12.4. The van der Waals surface area contributed by atoms with Gasteiger partial charge in [-0.1, -0.05) is 24.3 Å². The van der Waals surface area contributed by atoms with Crippen molar-refractivity contribution in [2.45, 2.75) is 39.4 Å². The van der Waals surface area contributed by atoms with Gasteiger partial charge < -0.3 is 9.88 Å². The van der Waals surface area contributed by atoms with Gasteiger partial charge in [-0.2, -0.15) is 5.10 Å². The first-order valence-corrected chi connectivity index (χ1v) is 8.67. The van der Waals surface area contributed by atoms with Gasteiger partial charge in [0.05, 0.1) is 6.04 Å². The topological polar surface area (TPSA) is 66.0 Å². The smallest absolute Gasteiger partial charge is 0.237 e. The van der Waals surface area contributed by atoms with E-state index in [-0.39, 0.29) is 11.9 Å².